The summed E-state index contributed by atoms with van der Waals surface area (Å²) in [7, 11) is -3.44. The van der Waals surface area contributed by atoms with Gasteiger partial charge in [0.1, 0.15) is 0 Å². The molecular formula is C23H29NO3S2. The number of sulfone groups is 1. The molecule has 0 bridgehead atoms. The zero-order valence-electron chi connectivity index (χ0n) is 16.9. The molecule has 1 saturated heterocycles. The van der Waals surface area contributed by atoms with Gasteiger partial charge in [-0.2, -0.15) is 0 Å². The SMILES string of the molecule is CC(=O)SCCC(CCN1CCCC1)S(=O)(=O)c1ccc(-c2ccccc2)cc1. The third kappa shape index (κ3) is 6.17. The molecule has 2 aromatic rings. The molecule has 1 heterocycles. The predicted octanol–water partition coefficient (Wildman–Crippen LogP) is 4.65. The van der Waals surface area contributed by atoms with E-state index in [1.54, 1.807) is 12.1 Å². The topological polar surface area (TPSA) is 54.5 Å². The second kappa shape index (κ2) is 10.4. The lowest BCUT2D eigenvalue weighted by molar-refractivity contribution is -0.109. The van der Waals surface area contributed by atoms with Crippen LogP contribution in [0.3, 0.4) is 0 Å². The highest BCUT2D eigenvalue weighted by atomic mass is 32.2. The maximum absolute atomic E-state index is 13.3. The molecule has 1 atom stereocenters. The van der Waals surface area contributed by atoms with E-state index >= 15 is 0 Å². The van der Waals surface area contributed by atoms with Gasteiger partial charge in [0.2, 0.25) is 0 Å². The smallest absolute Gasteiger partial charge is 0.185 e. The normalized spacial score (nSPS) is 16.0. The summed E-state index contributed by atoms with van der Waals surface area (Å²) in [6, 6.07) is 17.1. The monoisotopic (exact) mass is 431 g/mol. The highest BCUT2D eigenvalue weighted by molar-refractivity contribution is 8.13. The lowest BCUT2D eigenvalue weighted by Gasteiger charge is -2.21. The number of hydrogen-bond acceptors (Lipinski definition) is 5. The first-order chi connectivity index (χ1) is 14.0. The molecule has 0 saturated carbocycles. The molecule has 156 valence electrons. The molecule has 1 aliphatic rings. The Bertz CT molecular complexity index is 889. The summed E-state index contributed by atoms with van der Waals surface area (Å²) in [5, 5.41) is -0.426. The summed E-state index contributed by atoms with van der Waals surface area (Å²) in [5.41, 5.74) is 2.07. The van der Waals surface area contributed by atoms with Crippen LogP contribution in [0.1, 0.15) is 32.6 Å². The first kappa shape index (κ1) is 22.1. The fourth-order valence-electron chi connectivity index (χ4n) is 3.78. The quantitative estimate of drug-likeness (QED) is 0.578. The summed E-state index contributed by atoms with van der Waals surface area (Å²) < 4.78 is 26.7. The Kier molecular flexibility index (Phi) is 7.92. The van der Waals surface area contributed by atoms with Crippen molar-refractivity contribution in [2.24, 2.45) is 0 Å². The van der Waals surface area contributed by atoms with Crippen molar-refractivity contribution in [3.8, 4) is 11.1 Å². The molecule has 0 N–H and O–H groups in total. The van der Waals surface area contributed by atoms with E-state index in [1.807, 2.05) is 42.5 Å². The Balaban J connectivity index is 1.75. The molecule has 0 aliphatic carbocycles. The van der Waals surface area contributed by atoms with Gasteiger partial charge in [-0.1, -0.05) is 54.2 Å². The van der Waals surface area contributed by atoms with E-state index < -0.39 is 15.1 Å². The van der Waals surface area contributed by atoms with E-state index in [9.17, 15) is 13.2 Å². The zero-order chi connectivity index (χ0) is 20.7. The standard InChI is InChI=1S/C23H29NO3S2/c1-19(25)28-18-14-23(13-17-24-15-5-6-16-24)29(26,27)22-11-9-21(10-12-22)20-7-3-2-4-8-20/h2-4,7-12,23H,5-6,13-18H2,1H3. The fourth-order valence-corrected chi connectivity index (χ4v) is 6.36. The van der Waals surface area contributed by atoms with Gasteiger partial charge in [0, 0.05) is 12.7 Å². The van der Waals surface area contributed by atoms with Crippen molar-refractivity contribution in [2.45, 2.75) is 42.8 Å². The molecule has 0 amide bonds. The van der Waals surface area contributed by atoms with Crippen LogP contribution in [0.15, 0.2) is 59.5 Å². The maximum Gasteiger partial charge on any atom is 0.185 e. The second-order valence-electron chi connectivity index (χ2n) is 7.52. The average molecular weight is 432 g/mol. The van der Waals surface area contributed by atoms with E-state index in [1.165, 1.54) is 31.5 Å². The molecule has 1 aliphatic heterocycles. The Hall–Kier alpha value is -1.63. The van der Waals surface area contributed by atoms with Gasteiger partial charge < -0.3 is 4.90 Å². The van der Waals surface area contributed by atoms with Crippen LogP contribution in [0.2, 0.25) is 0 Å². The number of thioether (sulfide) groups is 1. The molecule has 0 spiro atoms. The van der Waals surface area contributed by atoms with Gasteiger partial charge in [-0.15, -0.1) is 0 Å². The van der Waals surface area contributed by atoms with Crippen LogP contribution < -0.4 is 0 Å². The van der Waals surface area contributed by atoms with Crippen LogP contribution in [-0.2, 0) is 14.6 Å². The summed E-state index contributed by atoms with van der Waals surface area (Å²) in [6.45, 7) is 4.44. The van der Waals surface area contributed by atoms with Crippen LogP contribution in [0.25, 0.3) is 11.1 Å². The molecule has 1 unspecified atom stereocenters. The first-order valence-electron chi connectivity index (χ1n) is 10.2. The number of hydrogen-bond donors (Lipinski definition) is 0. The largest absolute Gasteiger partial charge is 0.303 e. The molecule has 0 radical (unpaired) electrons. The number of carbonyl (C=O) groups is 1. The lowest BCUT2D eigenvalue weighted by atomic mass is 10.1. The molecule has 3 rings (SSSR count). The molecule has 2 aromatic carbocycles. The van der Waals surface area contributed by atoms with E-state index in [0.717, 1.165) is 30.8 Å². The van der Waals surface area contributed by atoms with Crippen molar-refractivity contribution in [2.75, 3.05) is 25.4 Å². The highest BCUT2D eigenvalue weighted by Crippen LogP contribution is 2.26. The average Bonchev–Trinajstić information content (AvgIpc) is 3.24. The van der Waals surface area contributed by atoms with Crippen LogP contribution in [0, 0.1) is 0 Å². The van der Waals surface area contributed by atoms with Crippen molar-refractivity contribution < 1.29 is 13.2 Å². The summed E-state index contributed by atoms with van der Waals surface area (Å²) in [5.74, 6) is 0.543. The Labute approximate surface area is 178 Å². The van der Waals surface area contributed by atoms with Gasteiger partial charge in [0.05, 0.1) is 10.1 Å². The van der Waals surface area contributed by atoms with Crippen molar-refractivity contribution in [3.05, 3.63) is 54.6 Å². The minimum absolute atomic E-state index is 0.0351. The van der Waals surface area contributed by atoms with Crippen LogP contribution in [-0.4, -0.2) is 49.1 Å². The van der Waals surface area contributed by atoms with E-state index in [2.05, 4.69) is 4.90 Å². The van der Waals surface area contributed by atoms with E-state index in [-0.39, 0.29) is 5.12 Å². The fraction of sp³-hybridized carbons (Fsp3) is 0.435. The summed E-state index contributed by atoms with van der Waals surface area (Å²) in [4.78, 5) is 14.0. The molecule has 0 aromatic heterocycles. The molecule has 6 heteroatoms. The Morgan fingerprint density at radius 1 is 0.966 bits per heavy atom. The minimum atomic E-state index is -3.44. The third-order valence-corrected chi connectivity index (χ3v) is 8.56. The van der Waals surface area contributed by atoms with Crippen LogP contribution >= 0.6 is 11.8 Å². The Morgan fingerprint density at radius 3 is 2.21 bits per heavy atom. The van der Waals surface area contributed by atoms with Crippen LogP contribution in [0.5, 0.6) is 0 Å². The number of likely N-dealkylation sites (tertiary alicyclic amines) is 1. The second-order valence-corrected chi connectivity index (χ2v) is 11.0. The molecule has 1 fully saturated rings. The van der Waals surface area contributed by atoms with Gasteiger partial charge in [-0.3, -0.25) is 4.79 Å². The highest BCUT2D eigenvalue weighted by Gasteiger charge is 2.28. The van der Waals surface area contributed by atoms with Crippen LogP contribution in [0.4, 0.5) is 0 Å². The van der Waals surface area contributed by atoms with Gasteiger partial charge in [0.15, 0.2) is 15.0 Å². The van der Waals surface area contributed by atoms with Crippen molar-refractivity contribution in [1.29, 1.82) is 0 Å². The van der Waals surface area contributed by atoms with Crippen molar-refractivity contribution >= 4 is 26.7 Å². The Morgan fingerprint density at radius 2 is 1.59 bits per heavy atom. The number of carbonyl (C=O) groups excluding carboxylic acids is 1. The number of nitrogens with zero attached hydrogens (tertiary/aromatic N) is 1. The number of rotatable bonds is 9. The third-order valence-electron chi connectivity index (χ3n) is 5.44. The van der Waals surface area contributed by atoms with Gasteiger partial charge >= 0.3 is 0 Å². The van der Waals surface area contributed by atoms with Gasteiger partial charge in [0.25, 0.3) is 0 Å². The van der Waals surface area contributed by atoms with E-state index in [0.29, 0.717) is 23.5 Å². The van der Waals surface area contributed by atoms with Crippen molar-refractivity contribution in [3.63, 3.8) is 0 Å². The lowest BCUT2D eigenvalue weighted by Crippen LogP contribution is -2.29. The molecule has 4 nitrogen and oxygen atoms in total. The van der Waals surface area contributed by atoms with E-state index in [4.69, 9.17) is 0 Å². The maximum atomic E-state index is 13.3. The molecular weight excluding hydrogens is 402 g/mol. The zero-order valence-corrected chi connectivity index (χ0v) is 18.6. The minimum Gasteiger partial charge on any atom is -0.303 e. The van der Waals surface area contributed by atoms with Gasteiger partial charge in [-0.25, -0.2) is 8.42 Å². The number of benzene rings is 2. The van der Waals surface area contributed by atoms with Gasteiger partial charge in [-0.05, 0) is 68.6 Å². The molecule has 29 heavy (non-hydrogen) atoms. The summed E-state index contributed by atoms with van der Waals surface area (Å²) in [6.07, 6.45) is 3.50. The predicted molar refractivity (Wildman–Crippen MR) is 121 cm³/mol. The van der Waals surface area contributed by atoms with Crippen molar-refractivity contribution in [1.82, 2.24) is 4.90 Å². The first-order valence-corrected chi connectivity index (χ1v) is 12.7. The summed E-state index contributed by atoms with van der Waals surface area (Å²) >= 11 is 1.21.